The van der Waals surface area contributed by atoms with Crippen molar-refractivity contribution in [1.29, 1.82) is 0 Å². The predicted molar refractivity (Wildman–Crippen MR) is 62.8 cm³/mol. The Bertz CT molecular complexity index is 456. The second-order valence-corrected chi connectivity index (χ2v) is 4.97. The molecule has 2 amide bonds. The molecule has 0 spiro atoms. The van der Waals surface area contributed by atoms with Crippen LogP contribution in [0.3, 0.4) is 0 Å². The summed E-state index contributed by atoms with van der Waals surface area (Å²) in [6.07, 6.45) is -1.39. The van der Waals surface area contributed by atoms with Gasteiger partial charge in [0.15, 0.2) is 0 Å². The van der Waals surface area contributed by atoms with Gasteiger partial charge in [-0.3, -0.25) is 4.79 Å². The van der Waals surface area contributed by atoms with Crippen LogP contribution in [0, 0.1) is 0 Å². The second-order valence-electron chi connectivity index (χ2n) is 4.00. The van der Waals surface area contributed by atoms with Crippen LogP contribution < -0.4 is 0 Å². The molecule has 3 rings (SSSR count). The van der Waals surface area contributed by atoms with E-state index in [4.69, 9.17) is 9.47 Å². The topological polar surface area (TPSA) is 59.1 Å². The van der Waals surface area contributed by atoms with Gasteiger partial charge in [0.25, 0.3) is 5.91 Å². The van der Waals surface area contributed by atoms with Crippen LogP contribution in [0.1, 0.15) is 11.0 Å². The molecule has 0 bridgehead atoms. The summed E-state index contributed by atoms with van der Waals surface area (Å²) in [7, 11) is 0. The monoisotopic (exact) mass is 268 g/mol. The molecule has 1 unspecified atom stereocenters. The molecule has 0 saturated carbocycles. The number of imide groups is 1. The van der Waals surface area contributed by atoms with Crippen LogP contribution in [0.2, 0.25) is 0 Å². The molecule has 2 fully saturated rings. The van der Waals surface area contributed by atoms with E-state index < -0.39 is 12.2 Å². The molecule has 0 N–H and O–H groups in total. The lowest BCUT2D eigenvalue weighted by Gasteiger charge is -2.31. The van der Waals surface area contributed by atoms with Crippen LogP contribution >= 0.6 is 11.3 Å². The number of nitrogens with zero attached hydrogens (tertiary/aromatic N) is 2. The molecule has 2 aliphatic heterocycles. The number of rotatable bonds is 2. The largest absolute Gasteiger partial charge is 0.433 e. The van der Waals surface area contributed by atoms with Crippen LogP contribution in [0.4, 0.5) is 4.79 Å². The smallest absolute Gasteiger partial charge is 0.429 e. The van der Waals surface area contributed by atoms with Crippen molar-refractivity contribution in [1.82, 2.24) is 10.0 Å². The number of thiophene rings is 1. The molecule has 1 aromatic heterocycles. The first kappa shape index (κ1) is 11.6. The molecule has 0 radical (unpaired) electrons. The number of amides is 2. The van der Waals surface area contributed by atoms with Crippen LogP contribution in [0.25, 0.3) is 0 Å². The molecular weight excluding hydrogens is 256 g/mol. The summed E-state index contributed by atoms with van der Waals surface area (Å²) >= 11 is 1.41. The number of morpholine rings is 1. The van der Waals surface area contributed by atoms with Gasteiger partial charge in [-0.05, 0) is 11.4 Å². The number of carbonyl (C=O) groups is 2. The van der Waals surface area contributed by atoms with Gasteiger partial charge in [-0.1, -0.05) is 6.07 Å². The third-order valence-electron chi connectivity index (χ3n) is 2.90. The molecule has 2 saturated heterocycles. The Hall–Kier alpha value is -1.44. The van der Waals surface area contributed by atoms with E-state index in [-0.39, 0.29) is 5.91 Å². The van der Waals surface area contributed by atoms with Gasteiger partial charge in [0, 0.05) is 13.1 Å². The van der Waals surface area contributed by atoms with E-state index in [1.807, 2.05) is 11.4 Å². The van der Waals surface area contributed by atoms with E-state index >= 15 is 0 Å². The minimum atomic E-state index is -0.791. The SMILES string of the molecule is O=C1OC(c2cccs2)C(=O)N1N1CCOCC1. The average Bonchev–Trinajstić information content (AvgIpc) is 2.99. The second kappa shape index (κ2) is 4.68. The fraction of sp³-hybridized carbons (Fsp3) is 0.455. The van der Waals surface area contributed by atoms with Crippen LogP contribution in [-0.4, -0.2) is 48.3 Å². The van der Waals surface area contributed by atoms with E-state index in [9.17, 15) is 9.59 Å². The lowest BCUT2D eigenvalue weighted by Crippen LogP contribution is -2.51. The van der Waals surface area contributed by atoms with Crippen molar-refractivity contribution in [3.8, 4) is 0 Å². The van der Waals surface area contributed by atoms with Crippen LogP contribution in [0.5, 0.6) is 0 Å². The van der Waals surface area contributed by atoms with Crippen LogP contribution in [-0.2, 0) is 14.3 Å². The molecule has 1 atom stereocenters. The summed E-state index contributed by atoms with van der Waals surface area (Å²) in [6.45, 7) is 2.08. The summed E-state index contributed by atoms with van der Waals surface area (Å²) in [6, 6.07) is 3.63. The molecular formula is C11H12N2O4S. The molecule has 2 aliphatic rings. The van der Waals surface area contributed by atoms with Gasteiger partial charge in [0.05, 0.1) is 18.1 Å². The third-order valence-corrected chi connectivity index (χ3v) is 3.81. The molecule has 0 aromatic carbocycles. The normalized spacial score (nSPS) is 25.6. The summed E-state index contributed by atoms with van der Waals surface area (Å²) < 4.78 is 10.3. The Morgan fingerprint density at radius 2 is 2.06 bits per heavy atom. The first-order valence-electron chi connectivity index (χ1n) is 5.68. The van der Waals surface area contributed by atoms with Gasteiger partial charge in [0.2, 0.25) is 6.10 Å². The Morgan fingerprint density at radius 3 is 2.72 bits per heavy atom. The number of hydrazine groups is 1. The highest BCUT2D eigenvalue weighted by Gasteiger charge is 2.45. The first-order chi connectivity index (χ1) is 8.77. The number of ether oxygens (including phenoxy) is 2. The highest BCUT2D eigenvalue weighted by atomic mass is 32.1. The lowest BCUT2D eigenvalue weighted by atomic mass is 10.3. The van der Waals surface area contributed by atoms with E-state index in [0.717, 1.165) is 9.89 Å². The van der Waals surface area contributed by atoms with Gasteiger partial charge >= 0.3 is 6.09 Å². The highest BCUT2D eigenvalue weighted by Crippen LogP contribution is 2.31. The van der Waals surface area contributed by atoms with E-state index in [2.05, 4.69) is 0 Å². The van der Waals surface area contributed by atoms with Crippen molar-refractivity contribution < 1.29 is 19.1 Å². The standard InChI is InChI=1S/C11H12N2O4S/c14-10-9(8-2-1-7-18-8)17-11(15)13(10)12-3-5-16-6-4-12/h1-2,7,9H,3-6H2. The van der Waals surface area contributed by atoms with Crippen molar-refractivity contribution in [3.63, 3.8) is 0 Å². The quantitative estimate of drug-likeness (QED) is 0.801. The zero-order valence-electron chi connectivity index (χ0n) is 9.57. The molecule has 7 heteroatoms. The highest BCUT2D eigenvalue weighted by molar-refractivity contribution is 7.10. The van der Waals surface area contributed by atoms with E-state index in [0.29, 0.717) is 26.3 Å². The van der Waals surface area contributed by atoms with Gasteiger partial charge in [-0.15, -0.1) is 11.3 Å². The average molecular weight is 268 g/mol. The summed E-state index contributed by atoms with van der Waals surface area (Å²) in [5.41, 5.74) is 0. The van der Waals surface area contributed by atoms with Gasteiger partial charge in [-0.2, -0.15) is 5.01 Å². The van der Waals surface area contributed by atoms with Crippen molar-refractivity contribution in [2.45, 2.75) is 6.10 Å². The number of carbonyl (C=O) groups excluding carboxylic acids is 2. The Kier molecular flexibility index (Phi) is 3.02. The fourth-order valence-electron chi connectivity index (χ4n) is 2.03. The number of hydrogen-bond donors (Lipinski definition) is 0. The summed E-state index contributed by atoms with van der Waals surface area (Å²) in [5, 5.41) is 4.64. The Balaban J connectivity index is 1.80. The Labute approximate surface area is 108 Å². The maximum absolute atomic E-state index is 12.2. The Morgan fingerprint density at radius 1 is 1.28 bits per heavy atom. The van der Waals surface area contributed by atoms with Gasteiger partial charge < -0.3 is 9.47 Å². The molecule has 0 aliphatic carbocycles. The van der Waals surface area contributed by atoms with Crippen molar-refractivity contribution in [2.24, 2.45) is 0 Å². The minimum absolute atomic E-state index is 0.315. The summed E-state index contributed by atoms with van der Waals surface area (Å²) in [5.74, 6) is -0.315. The van der Waals surface area contributed by atoms with Crippen molar-refractivity contribution in [2.75, 3.05) is 26.3 Å². The van der Waals surface area contributed by atoms with E-state index in [1.54, 1.807) is 11.1 Å². The van der Waals surface area contributed by atoms with Gasteiger partial charge in [-0.25, -0.2) is 9.80 Å². The van der Waals surface area contributed by atoms with Crippen molar-refractivity contribution in [3.05, 3.63) is 22.4 Å². The lowest BCUT2D eigenvalue weighted by molar-refractivity contribution is -0.145. The molecule has 18 heavy (non-hydrogen) atoms. The molecule has 1 aromatic rings. The van der Waals surface area contributed by atoms with Crippen molar-refractivity contribution >= 4 is 23.3 Å². The summed E-state index contributed by atoms with van der Waals surface area (Å²) in [4.78, 5) is 24.8. The fourth-order valence-corrected chi connectivity index (χ4v) is 2.77. The zero-order chi connectivity index (χ0) is 12.5. The molecule has 6 nitrogen and oxygen atoms in total. The van der Waals surface area contributed by atoms with E-state index in [1.165, 1.54) is 11.3 Å². The molecule has 3 heterocycles. The maximum atomic E-state index is 12.2. The zero-order valence-corrected chi connectivity index (χ0v) is 10.4. The maximum Gasteiger partial charge on any atom is 0.433 e. The third kappa shape index (κ3) is 1.90. The first-order valence-corrected chi connectivity index (χ1v) is 6.56. The van der Waals surface area contributed by atoms with Crippen LogP contribution in [0.15, 0.2) is 17.5 Å². The van der Waals surface area contributed by atoms with Gasteiger partial charge in [0.1, 0.15) is 0 Å². The number of hydrogen-bond acceptors (Lipinski definition) is 6. The predicted octanol–water partition coefficient (Wildman–Crippen LogP) is 1.02. The number of cyclic esters (lactones) is 1. The minimum Gasteiger partial charge on any atom is -0.429 e. The molecule has 96 valence electrons.